The molecule has 0 bridgehead atoms. The molecule has 0 atom stereocenters. The molecule has 0 aliphatic heterocycles. The van der Waals surface area contributed by atoms with Gasteiger partial charge in [-0.05, 0) is 62.2 Å². The minimum atomic E-state index is -0.0173. The van der Waals surface area contributed by atoms with Crippen LogP contribution in [-0.4, -0.2) is 29.4 Å². The molecule has 0 radical (unpaired) electrons. The summed E-state index contributed by atoms with van der Waals surface area (Å²) in [5.41, 5.74) is 3.86. The van der Waals surface area contributed by atoms with Gasteiger partial charge >= 0.3 is 0 Å². The van der Waals surface area contributed by atoms with Gasteiger partial charge in [0, 0.05) is 17.5 Å². The average molecular weight is 411 g/mol. The number of thiazole rings is 1. The van der Waals surface area contributed by atoms with Gasteiger partial charge in [0.15, 0.2) is 0 Å². The molecule has 0 aliphatic rings. The van der Waals surface area contributed by atoms with E-state index in [1.165, 1.54) is 5.56 Å². The lowest BCUT2D eigenvalue weighted by Gasteiger charge is -2.20. The molecule has 0 aliphatic carbocycles. The van der Waals surface area contributed by atoms with Crippen molar-refractivity contribution < 1.29 is 14.3 Å². The van der Waals surface area contributed by atoms with E-state index in [1.54, 1.807) is 47.6 Å². The van der Waals surface area contributed by atoms with Crippen molar-refractivity contribution in [2.24, 2.45) is 0 Å². The maximum atomic E-state index is 12.8. The largest absolute Gasteiger partial charge is 0.497 e. The molecule has 0 spiro atoms. The van der Waals surface area contributed by atoms with Gasteiger partial charge in [0.25, 0.3) is 5.91 Å². The maximum Gasteiger partial charge on any atom is 0.254 e. The Hall–Kier alpha value is -2.86. The van der Waals surface area contributed by atoms with Crippen molar-refractivity contribution in [2.75, 3.05) is 13.7 Å². The van der Waals surface area contributed by atoms with E-state index in [0.717, 1.165) is 27.8 Å². The number of amides is 1. The second-order valence-corrected chi connectivity index (χ2v) is 7.71. The number of ether oxygens (including phenoxy) is 2. The van der Waals surface area contributed by atoms with Gasteiger partial charge in [-0.2, -0.15) is 0 Å². The highest BCUT2D eigenvalue weighted by Crippen LogP contribution is 2.23. The van der Waals surface area contributed by atoms with Gasteiger partial charge in [-0.1, -0.05) is 12.1 Å². The summed E-state index contributed by atoms with van der Waals surface area (Å²) in [5, 5.41) is 2.89. The van der Waals surface area contributed by atoms with E-state index in [0.29, 0.717) is 25.3 Å². The Morgan fingerprint density at radius 2 is 1.90 bits per heavy atom. The number of rotatable bonds is 8. The third kappa shape index (κ3) is 5.15. The van der Waals surface area contributed by atoms with Crippen molar-refractivity contribution in [2.45, 2.75) is 33.9 Å². The highest BCUT2D eigenvalue weighted by Gasteiger charge is 2.16. The van der Waals surface area contributed by atoms with Gasteiger partial charge < -0.3 is 14.4 Å². The van der Waals surface area contributed by atoms with Crippen molar-refractivity contribution in [1.29, 1.82) is 0 Å². The van der Waals surface area contributed by atoms with Crippen LogP contribution in [0.3, 0.4) is 0 Å². The summed E-state index contributed by atoms with van der Waals surface area (Å²) in [6.07, 6.45) is 0. The fourth-order valence-corrected chi connectivity index (χ4v) is 3.64. The first-order valence-corrected chi connectivity index (χ1v) is 10.5. The number of hydrogen-bond acceptors (Lipinski definition) is 5. The smallest absolute Gasteiger partial charge is 0.254 e. The molecule has 6 heteroatoms. The Morgan fingerprint density at radius 1 is 1.14 bits per heavy atom. The first-order valence-electron chi connectivity index (χ1n) is 9.57. The van der Waals surface area contributed by atoms with Crippen molar-refractivity contribution in [3.63, 3.8) is 0 Å². The monoisotopic (exact) mass is 410 g/mol. The van der Waals surface area contributed by atoms with E-state index in [2.05, 4.69) is 24.9 Å². The van der Waals surface area contributed by atoms with E-state index >= 15 is 0 Å². The molecule has 3 rings (SSSR count). The number of aromatic nitrogens is 1. The fraction of sp³-hybridized carbons (Fsp3) is 0.304. The summed E-state index contributed by atoms with van der Waals surface area (Å²) in [4.78, 5) is 19.2. The van der Waals surface area contributed by atoms with Crippen LogP contribution in [0.15, 0.2) is 47.8 Å². The second-order valence-electron chi connectivity index (χ2n) is 6.77. The van der Waals surface area contributed by atoms with Crippen LogP contribution in [0.1, 0.15) is 39.1 Å². The molecule has 0 N–H and O–H groups in total. The quantitative estimate of drug-likeness (QED) is 0.524. The zero-order valence-corrected chi connectivity index (χ0v) is 18.1. The summed E-state index contributed by atoms with van der Waals surface area (Å²) in [7, 11) is 1.61. The molecule has 0 unspecified atom stereocenters. The first-order chi connectivity index (χ1) is 14.0. The van der Waals surface area contributed by atoms with Gasteiger partial charge in [0.05, 0.1) is 19.3 Å². The summed E-state index contributed by atoms with van der Waals surface area (Å²) >= 11 is 1.55. The Labute approximate surface area is 175 Å². The van der Waals surface area contributed by atoms with Gasteiger partial charge in [-0.15, -0.1) is 11.3 Å². The molecular formula is C23H26N2O3S. The normalized spacial score (nSPS) is 10.6. The summed E-state index contributed by atoms with van der Waals surface area (Å²) in [6, 6.07) is 13.2. The number of hydrogen-bond donors (Lipinski definition) is 0. The molecule has 0 fully saturated rings. The topological polar surface area (TPSA) is 51.7 Å². The number of nitrogens with zero attached hydrogens (tertiary/aromatic N) is 2. The Balaban J connectivity index is 1.62. The average Bonchev–Trinajstić information content (AvgIpc) is 3.20. The minimum absolute atomic E-state index is 0.0173. The third-order valence-electron chi connectivity index (χ3n) is 4.86. The van der Waals surface area contributed by atoms with Crippen LogP contribution in [0.25, 0.3) is 0 Å². The van der Waals surface area contributed by atoms with Crippen LogP contribution in [-0.2, 0) is 13.2 Å². The molecular weight excluding hydrogens is 384 g/mol. The van der Waals surface area contributed by atoms with Crippen molar-refractivity contribution in [3.8, 4) is 11.5 Å². The number of methoxy groups -OCH3 is 1. The minimum Gasteiger partial charge on any atom is -0.497 e. The Bertz CT molecular complexity index is 967. The van der Waals surface area contributed by atoms with Crippen LogP contribution >= 0.6 is 11.3 Å². The Morgan fingerprint density at radius 3 is 2.59 bits per heavy atom. The zero-order chi connectivity index (χ0) is 20.8. The Kier molecular flexibility index (Phi) is 6.88. The molecule has 29 heavy (non-hydrogen) atoms. The van der Waals surface area contributed by atoms with Crippen LogP contribution < -0.4 is 9.47 Å². The van der Waals surface area contributed by atoms with E-state index < -0.39 is 0 Å². The molecule has 2 aromatic carbocycles. The highest BCUT2D eigenvalue weighted by atomic mass is 32.1. The van der Waals surface area contributed by atoms with Crippen LogP contribution in [0.4, 0.5) is 0 Å². The summed E-state index contributed by atoms with van der Waals surface area (Å²) in [5.74, 6) is 1.60. The van der Waals surface area contributed by atoms with Gasteiger partial charge in [0.2, 0.25) is 0 Å². The summed E-state index contributed by atoms with van der Waals surface area (Å²) < 4.78 is 11.1. The fourth-order valence-electron chi connectivity index (χ4n) is 2.95. The van der Waals surface area contributed by atoms with Crippen molar-refractivity contribution in [3.05, 3.63) is 75.2 Å². The highest BCUT2D eigenvalue weighted by molar-refractivity contribution is 7.09. The predicted molar refractivity (Wildman–Crippen MR) is 116 cm³/mol. The molecule has 1 heterocycles. The van der Waals surface area contributed by atoms with Gasteiger partial charge in [-0.3, -0.25) is 4.79 Å². The standard InChI is InChI=1S/C23H26N2O3S/c1-5-25(23(26)18-9-11-20(27-4)12-10-18)13-19-15-29-22(24-19)14-28-21-8-6-7-16(2)17(21)3/h6-12,15H,5,13-14H2,1-4H3. The number of aryl methyl sites for hydroxylation is 1. The van der Waals surface area contributed by atoms with Gasteiger partial charge in [-0.25, -0.2) is 4.98 Å². The molecule has 0 saturated carbocycles. The van der Waals surface area contributed by atoms with Crippen LogP contribution in [0.2, 0.25) is 0 Å². The van der Waals surface area contributed by atoms with Gasteiger partial charge in [0.1, 0.15) is 23.1 Å². The van der Waals surface area contributed by atoms with Crippen molar-refractivity contribution >= 4 is 17.2 Å². The predicted octanol–water partition coefficient (Wildman–Crippen LogP) is 5.01. The summed E-state index contributed by atoms with van der Waals surface area (Å²) in [6.45, 7) is 7.61. The molecule has 3 aromatic rings. The first kappa shape index (κ1) is 20.9. The van der Waals surface area contributed by atoms with Crippen molar-refractivity contribution in [1.82, 2.24) is 9.88 Å². The van der Waals surface area contributed by atoms with Crippen LogP contribution in [0, 0.1) is 13.8 Å². The van der Waals surface area contributed by atoms with E-state index in [-0.39, 0.29) is 5.91 Å². The SMILES string of the molecule is CCN(Cc1csc(COc2cccc(C)c2C)n1)C(=O)c1ccc(OC)cc1. The second kappa shape index (κ2) is 9.56. The number of benzene rings is 2. The van der Waals surface area contributed by atoms with E-state index in [4.69, 9.17) is 9.47 Å². The molecule has 5 nitrogen and oxygen atoms in total. The zero-order valence-electron chi connectivity index (χ0n) is 17.3. The maximum absolute atomic E-state index is 12.8. The van der Waals surface area contributed by atoms with E-state index in [9.17, 15) is 4.79 Å². The lowest BCUT2D eigenvalue weighted by Crippen LogP contribution is -2.30. The lowest BCUT2D eigenvalue weighted by molar-refractivity contribution is 0.0750. The molecule has 152 valence electrons. The number of carbonyl (C=O) groups is 1. The molecule has 0 saturated heterocycles. The number of carbonyl (C=O) groups excluding carboxylic acids is 1. The van der Waals surface area contributed by atoms with E-state index in [1.807, 2.05) is 24.4 Å². The molecule has 1 amide bonds. The third-order valence-corrected chi connectivity index (χ3v) is 5.74. The lowest BCUT2D eigenvalue weighted by atomic mass is 10.1. The van der Waals surface area contributed by atoms with Crippen LogP contribution in [0.5, 0.6) is 11.5 Å². The molecule has 1 aromatic heterocycles.